The first-order valence-corrected chi connectivity index (χ1v) is 7.92. The Balaban J connectivity index is 1.77. The fourth-order valence-electron chi connectivity index (χ4n) is 1.94. The van der Waals surface area contributed by atoms with Gasteiger partial charge in [-0.15, -0.1) is 11.3 Å². The van der Waals surface area contributed by atoms with Crippen LogP contribution in [0.15, 0.2) is 52.3 Å². The molecule has 3 aromatic rings. The molecule has 1 nitrogen and oxygen atoms in total. The number of thiophene rings is 1. The number of anilines is 1. The highest BCUT2D eigenvalue weighted by atomic mass is 79.9. The third kappa shape index (κ3) is 2.94. The van der Waals surface area contributed by atoms with E-state index in [1.54, 1.807) is 11.3 Å². The lowest BCUT2D eigenvalue weighted by molar-refractivity contribution is 1.14. The Hall–Kier alpha value is -1.03. The fraction of sp³-hybridized carbons (Fsp3) is 0.0667. The fourth-order valence-corrected chi connectivity index (χ4v) is 3.53. The van der Waals surface area contributed by atoms with Crippen LogP contribution in [0.3, 0.4) is 0 Å². The molecule has 0 atom stereocenters. The van der Waals surface area contributed by atoms with Gasteiger partial charge in [0.2, 0.25) is 0 Å². The average molecular weight is 353 g/mol. The highest BCUT2D eigenvalue weighted by Crippen LogP contribution is 2.26. The Morgan fingerprint density at radius 2 is 2.00 bits per heavy atom. The summed E-state index contributed by atoms with van der Waals surface area (Å²) in [6.45, 7) is 0.771. The minimum absolute atomic E-state index is 0.746. The lowest BCUT2D eigenvalue weighted by Gasteiger charge is -2.08. The minimum atomic E-state index is 0.746. The molecule has 0 spiro atoms. The van der Waals surface area contributed by atoms with Gasteiger partial charge in [0.25, 0.3) is 0 Å². The Bertz CT molecular complexity index is 723. The van der Waals surface area contributed by atoms with E-state index in [1.807, 2.05) is 18.2 Å². The predicted octanol–water partition coefficient (Wildman–Crippen LogP) is 5.93. The van der Waals surface area contributed by atoms with Gasteiger partial charge < -0.3 is 5.32 Å². The highest BCUT2D eigenvalue weighted by molar-refractivity contribution is 9.10. The summed E-state index contributed by atoms with van der Waals surface area (Å²) >= 11 is 11.2. The zero-order valence-electron chi connectivity index (χ0n) is 9.99. The molecule has 1 heterocycles. The van der Waals surface area contributed by atoms with Gasteiger partial charge >= 0.3 is 0 Å². The van der Waals surface area contributed by atoms with Crippen LogP contribution >= 0.6 is 38.9 Å². The Labute approximate surface area is 129 Å². The topological polar surface area (TPSA) is 12.0 Å². The smallest absolute Gasteiger partial charge is 0.0417 e. The van der Waals surface area contributed by atoms with Gasteiger partial charge in [0.1, 0.15) is 0 Å². The summed E-state index contributed by atoms with van der Waals surface area (Å²) in [6.07, 6.45) is 0. The number of nitrogens with one attached hydrogen (secondary N) is 1. The molecule has 0 bridgehead atoms. The van der Waals surface area contributed by atoms with E-state index in [4.69, 9.17) is 11.6 Å². The van der Waals surface area contributed by atoms with Crippen LogP contribution in [-0.2, 0) is 6.54 Å². The van der Waals surface area contributed by atoms with Crippen LogP contribution in [0.4, 0.5) is 5.69 Å². The van der Waals surface area contributed by atoms with Crippen molar-refractivity contribution in [2.45, 2.75) is 6.54 Å². The van der Waals surface area contributed by atoms with Crippen LogP contribution < -0.4 is 5.32 Å². The van der Waals surface area contributed by atoms with Crippen molar-refractivity contribution in [3.63, 3.8) is 0 Å². The van der Waals surface area contributed by atoms with E-state index in [1.165, 1.54) is 15.6 Å². The summed E-state index contributed by atoms with van der Waals surface area (Å²) in [5.74, 6) is 0. The lowest BCUT2D eigenvalue weighted by atomic mass is 10.2. The van der Waals surface area contributed by atoms with E-state index >= 15 is 0 Å². The molecule has 2 aromatic carbocycles. The van der Waals surface area contributed by atoms with Gasteiger partial charge in [0.05, 0.1) is 0 Å². The summed E-state index contributed by atoms with van der Waals surface area (Å²) in [4.78, 5) is 0. The molecular weight excluding hydrogens is 342 g/mol. The van der Waals surface area contributed by atoms with Gasteiger partial charge in [0, 0.05) is 26.4 Å². The van der Waals surface area contributed by atoms with Crippen LogP contribution in [0.2, 0.25) is 5.02 Å². The number of benzene rings is 2. The molecule has 19 heavy (non-hydrogen) atoms. The quantitative estimate of drug-likeness (QED) is 0.616. The molecule has 0 aliphatic rings. The van der Waals surface area contributed by atoms with Gasteiger partial charge in [0.15, 0.2) is 0 Å². The van der Waals surface area contributed by atoms with E-state index in [0.29, 0.717) is 0 Å². The van der Waals surface area contributed by atoms with Crippen molar-refractivity contribution in [1.29, 1.82) is 0 Å². The third-order valence-electron chi connectivity index (χ3n) is 2.95. The number of hydrogen-bond donors (Lipinski definition) is 1. The second kappa shape index (κ2) is 5.53. The number of hydrogen-bond acceptors (Lipinski definition) is 2. The van der Waals surface area contributed by atoms with Crippen LogP contribution in [0.25, 0.3) is 10.1 Å². The van der Waals surface area contributed by atoms with Crippen molar-refractivity contribution in [2.24, 2.45) is 0 Å². The van der Waals surface area contributed by atoms with E-state index in [9.17, 15) is 0 Å². The molecule has 1 aromatic heterocycles. The van der Waals surface area contributed by atoms with Crippen LogP contribution in [0.1, 0.15) is 5.56 Å². The van der Waals surface area contributed by atoms with Crippen LogP contribution in [-0.4, -0.2) is 0 Å². The molecule has 0 saturated heterocycles. The zero-order valence-corrected chi connectivity index (χ0v) is 13.1. The Morgan fingerprint density at radius 1 is 1.11 bits per heavy atom. The van der Waals surface area contributed by atoms with Crippen molar-refractivity contribution in [1.82, 2.24) is 0 Å². The Kier molecular flexibility index (Phi) is 3.78. The van der Waals surface area contributed by atoms with E-state index in [0.717, 1.165) is 21.7 Å². The second-order valence-corrected chi connectivity index (χ2v) is 6.50. The maximum Gasteiger partial charge on any atom is 0.0417 e. The number of fused-ring (bicyclic) bond motifs is 1. The first kappa shape index (κ1) is 13.0. The summed E-state index contributed by atoms with van der Waals surface area (Å²) < 4.78 is 2.35. The van der Waals surface area contributed by atoms with Gasteiger partial charge in [-0.2, -0.15) is 0 Å². The molecule has 3 rings (SSSR count). The number of halogens is 2. The monoisotopic (exact) mass is 351 g/mol. The van der Waals surface area contributed by atoms with Crippen LogP contribution in [0, 0.1) is 0 Å². The van der Waals surface area contributed by atoms with Crippen molar-refractivity contribution in [3.8, 4) is 0 Å². The lowest BCUT2D eigenvalue weighted by Crippen LogP contribution is -1.99. The Morgan fingerprint density at radius 3 is 2.84 bits per heavy atom. The molecule has 96 valence electrons. The number of rotatable bonds is 3. The SMILES string of the molecule is Clc1ccc(CNc2ccc3sccc3c2)c(Br)c1. The van der Waals surface area contributed by atoms with Gasteiger partial charge in [-0.3, -0.25) is 0 Å². The molecule has 0 radical (unpaired) electrons. The predicted molar refractivity (Wildman–Crippen MR) is 88.3 cm³/mol. The normalized spacial score (nSPS) is 10.8. The zero-order chi connectivity index (χ0) is 13.2. The first-order chi connectivity index (χ1) is 9.22. The minimum Gasteiger partial charge on any atom is -0.381 e. The van der Waals surface area contributed by atoms with Gasteiger partial charge in [-0.05, 0) is 52.7 Å². The van der Waals surface area contributed by atoms with Crippen molar-refractivity contribution >= 4 is 54.6 Å². The summed E-state index contributed by atoms with van der Waals surface area (Å²) in [7, 11) is 0. The first-order valence-electron chi connectivity index (χ1n) is 5.87. The standard InChI is InChI=1S/C15H11BrClNS/c16-14-8-12(17)2-1-11(14)9-18-13-3-4-15-10(7-13)5-6-19-15/h1-8,18H,9H2. The van der Waals surface area contributed by atoms with E-state index in [2.05, 4.69) is 50.9 Å². The van der Waals surface area contributed by atoms with Crippen LogP contribution in [0.5, 0.6) is 0 Å². The molecular formula is C15H11BrClNS. The summed E-state index contributed by atoms with van der Waals surface area (Å²) in [5, 5.41) is 7.58. The van der Waals surface area contributed by atoms with Crippen molar-refractivity contribution in [3.05, 3.63) is 62.9 Å². The van der Waals surface area contributed by atoms with Crippen molar-refractivity contribution < 1.29 is 0 Å². The third-order valence-corrected chi connectivity index (χ3v) is 4.82. The molecule has 0 amide bonds. The van der Waals surface area contributed by atoms with Crippen molar-refractivity contribution in [2.75, 3.05) is 5.32 Å². The highest BCUT2D eigenvalue weighted by Gasteiger charge is 2.02. The largest absolute Gasteiger partial charge is 0.381 e. The van der Waals surface area contributed by atoms with E-state index in [-0.39, 0.29) is 0 Å². The molecule has 0 unspecified atom stereocenters. The molecule has 4 heteroatoms. The molecule has 0 saturated carbocycles. The second-order valence-electron chi connectivity index (χ2n) is 4.26. The average Bonchev–Trinajstić information content (AvgIpc) is 2.85. The summed E-state index contributed by atoms with van der Waals surface area (Å²) in [5.41, 5.74) is 2.32. The molecule has 1 N–H and O–H groups in total. The molecule has 0 aliphatic carbocycles. The maximum atomic E-state index is 5.94. The molecule has 0 fully saturated rings. The summed E-state index contributed by atoms with van der Waals surface area (Å²) in [6, 6.07) is 14.4. The van der Waals surface area contributed by atoms with E-state index < -0.39 is 0 Å². The maximum absolute atomic E-state index is 5.94. The van der Waals surface area contributed by atoms with Gasteiger partial charge in [-0.25, -0.2) is 0 Å². The van der Waals surface area contributed by atoms with Gasteiger partial charge in [-0.1, -0.05) is 33.6 Å². The molecule has 0 aliphatic heterocycles.